The van der Waals surface area contributed by atoms with Crippen molar-refractivity contribution in [2.24, 2.45) is 5.92 Å². The quantitative estimate of drug-likeness (QED) is 0.667. The highest BCUT2D eigenvalue weighted by Gasteiger charge is 2.37. The van der Waals surface area contributed by atoms with E-state index in [9.17, 15) is 14.6 Å². The highest BCUT2D eigenvalue weighted by molar-refractivity contribution is 6.46. The maximum atomic E-state index is 12.1. The number of ketones is 1. The van der Waals surface area contributed by atoms with Crippen LogP contribution in [0.25, 0.3) is 0 Å². The van der Waals surface area contributed by atoms with Crippen molar-refractivity contribution in [2.45, 2.75) is 39.4 Å². The van der Waals surface area contributed by atoms with E-state index in [4.69, 9.17) is 9.39 Å². The van der Waals surface area contributed by atoms with Gasteiger partial charge in [0.15, 0.2) is 0 Å². The molecule has 0 bridgehead atoms. The fraction of sp³-hybridized carbons (Fsp3) is 0.500. The van der Waals surface area contributed by atoms with E-state index < -0.39 is 13.1 Å². The SMILES string of the molecule is CC(=O)C[C@H]1Cc2cccc(C(=O)OCC(C)C)c2OB1O. The van der Waals surface area contributed by atoms with Crippen LogP contribution in [0.4, 0.5) is 0 Å². The van der Waals surface area contributed by atoms with Crippen molar-refractivity contribution in [3.8, 4) is 5.75 Å². The summed E-state index contributed by atoms with van der Waals surface area (Å²) >= 11 is 0. The first-order valence-corrected chi connectivity index (χ1v) is 7.51. The summed E-state index contributed by atoms with van der Waals surface area (Å²) in [7, 11) is -1.09. The van der Waals surface area contributed by atoms with Gasteiger partial charge in [-0.25, -0.2) is 4.79 Å². The third-order valence-electron chi connectivity index (χ3n) is 3.54. The number of para-hydroxylation sites is 1. The van der Waals surface area contributed by atoms with Gasteiger partial charge in [0, 0.05) is 12.2 Å². The number of benzene rings is 1. The first-order valence-electron chi connectivity index (χ1n) is 7.51. The largest absolute Gasteiger partial charge is 0.535 e. The first kappa shape index (κ1) is 16.6. The van der Waals surface area contributed by atoms with Gasteiger partial charge in [-0.15, -0.1) is 0 Å². The number of rotatable bonds is 5. The molecule has 0 spiro atoms. The zero-order valence-electron chi connectivity index (χ0n) is 13.2. The molecule has 0 radical (unpaired) electrons. The third-order valence-corrected chi connectivity index (χ3v) is 3.54. The summed E-state index contributed by atoms with van der Waals surface area (Å²) in [5.74, 6) is -0.128. The Bertz CT molecular complexity index is 570. The predicted octanol–water partition coefficient (Wildman–Crippen LogP) is 2.26. The maximum absolute atomic E-state index is 12.1. The molecule has 0 fully saturated rings. The summed E-state index contributed by atoms with van der Waals surface area (Å²) in [4.78, 5) is 23.4. The summed E-state index contributed by atoms with van der Waals surface area (Å²) in [6, 6.07) is 5.23. The van der Waals surface area contributed by atoms with Crippen LogP contribution in [0.3, 0.4) is 0 Å². The Balaban J connectivity index is 2.20. The van der Waals surface area contributed by atoms with Gasteiger partial charge < -0.3 is 19.2 Å². The van der Waals surface area contributed by atoms with Crippen LogP contribution in [0.15, 0.2) is 18.2 Å². The Kier molecular flexibility index (Phi) is 5.24. The number of fused-ring (bicyclic) bond motifs is 1. The molecule has 1 aromatic carbocycles. The molecule has 118 valence electrons. The van der Waals surface area contributed by atoms with Crippen LogP contribution in [0.2, 0.25) is 5.82 Å². The molecule has 1 atom stereocenters. The Labute approximate surface area is 130 Å². The Hall–Kier alpha value is -1.82. The number of Topliss-reactive ketones (excluding diaryl/α,β-unsaturated/α-hetero) is 1. The Morgan fingerprint density at radius 3 is 2.82 bits per heavy atom. The fourth-order valence-electron chi connectivity index (χ4n) is 2.51. The minimum Gasteiger partial charge on any atom is -0.535 e. The third kappa shape index (κ3) is 3.88. The van der Waals surface area contributed by atoms with E-state index in [1.165, 1.54) is 6.92 Å². The zero-order valence-corrected chi connectivity index (χ0v) is 13.2. The molecule has 0 saturated heterocycles. The monoisotopic (exact) mass is 304 g/mol. The van der Waals surface area contributed by atoms with Gasteiger partial charge in [0.1, 0.15) is 17.1 Å². The molecule has 0 saturated carbocycles. The lowest BCUT2D eigenvalue weighted by atomic mass is 9.64. The second-order valence-corrected chi connectivity index (χ2v) is 6.16. The maximum Gasteiger partial charge on any atom is 0.526 e. The van der Waals surface area contributed by atoms with Crippen molar-refractivity contribution in [2.75, 3.05) is 6.61 Å². The molecule has 2 rings (SSSR count). The molecule has 1 aliphatic heterocycles. The second kappa shape index (κ2) is 6.96. The van der Waals surface area contributed by atoms with E-state index in [1.807, 2.05) is 19.9 Å². The average molecular weight is 304 g/mol. The van der Waals surface area contributed by atoms with Crippen molar-refractivity contribution in [1.82, 2.24) is 0 Å². The summed E-state index contributed by atoms with van der Waals surface area (Å²) in [6.07, 6.45) is 0.754. The van der Waals surface area contributed by atoms with Crippen LogP contribution in [0.5, 0.6) is 5.75 Å². The molecule has 5 nitrogen and oxygen atoms in total. The van der Waals surface area contributed by atoms with Gasteiger partial charge in [-0.1, -0.05) is 26.0 Å². The van der Waals surface area contributed by atoms with Gasteiger partial charge in [-0.3, -0.25) is 0 Å². The molecule has 0 amide bonds. The summed E-state index contributed by atoms with van der Waals surface area (Å²) in [5, 5.41) is 10.1. The van der Waals surface area contributed by atoms with Crippen molar-refractivity contribution in [1.29, 1.82) is 0 Å². The van der Waals surface area contributed by atoms with Gasteiger partial charge in [-0.2, -0.15) is 0 Å². The van der Waals surface area contributed by atoms with Crippen LogP contribution < -0.4 is 4.65 Å². The molecule has 1 N–H and O–H groups in total. The van der Waals surface area contributed by atoms with Crippen molar-refractivity contribution >= 4 is 18.9 Å². The molecule has 1 aliphatic rings. The topological polar surface area (TPSA) is 72.8 Å². The van der Waals surface area contributed by atoms with E-state index in [0.29, 0.717) is 24.3 Å². The summed E-state index contributed by atoms with van der Waals surface area (Å²) in [5.41, 5.74) is 1.13. The normalized spacial score (nSPS) is 17.0. The van der Waals surface area contributed by atoms with Gasteiger partial charge in [0.25, 0.3) is 0 Å². The van der Waals surface area contributed by atoms with Crippen LogP contribution in [-0.4, -0.2) is 30.5 Å². The summed E-state index contributed by atoms with van der Waals surface area (Å²) in [6.45, 7) is 5.74. The van der Waals surface area contributed by atoms with E-state index in [0.717, 1.165) is 5.56 Å². The number of esters is 1. The smallest absolute Gasteiger partial charge is 0.526 e. The van der Waals surface area contributed by atoms with Crippen LogP contribution >= 0.6 is 0 Å². The Morgan fingerprint density at radius 2 is 2.18 bits per heavy atom. The van der Waals surface area contributed by atoms with E-state index in [2.05, 4.69) is 0 Å². The molecule has 1 aromatic rings. The van der Waals surface area contributed by atoms with Crippen LogP contribution in [-0.2, 0) is 16.0 Å². The molecule has 0 aromatic heterocycles. The highest BCUT2D eigenvalue weighted by atomic mass is 16.5. The van der Waals surface area contributed by atoms with Gasteiger partial charge in [-0.05, 0) is 30.9 Å². The molecule has 0 aliphatic carbocycles. The number of ether oxygens (including phenoxy) is 1. The molecular formula is C16H21BO5. The second-order valence-electron chi connectivity index (χ2n) is 6.16. The first-order chi connectivity index (χ1) is 10.4. The van der Waals surface area contributed by atoms with E-state index in [-0.39, 0.29) is 23.9 Å². The van der Waals surface area contributed by atoms with Crippen molar-refractivity contribution in [3.63, 3.8) is 0 Å². The van der Waals surface area contributed by atoms with Gasteiger partial charge >= 0.3 is 13.1 Å². The average Bonchev–Trinajstić information content (AvgIpc) is 2.44. The van der Waals surface area contributed by atoms with E-state index >= 15 is 0 Å². The lowest BCUT2D eigenvalue weighted by Gasteiger charge is -2.28. The lowest BCUT2D eigenvalue weighted by Crippen LogP contribution is -2.35. The van der Waals surface area contributed by atoms with Crippen LogP contribution in [0.1, 0.15) is 43.1 Å². The Morgan fingerprint density at radius 1 is 1.45 bits per heavy atom. The predicted molar refractivity (Wildman–Crippen MR) is 82.9 cm³/mol. The lowest BCUT2D eigenvalue weighted by molar-refractivity contribution is -0.117. The fourth-order valence-corrected chi connectivity index (χ4v) is 2.51. The van der Waals surface area contributed by atoms with Gasteiger partial charge in [0.05, 0.1) is 6.61 Å². The van der Waals surface area contributed by atoms with E-state index in [1.54, 1.807) is 12.1 Å². The molecule has 22 heavy (non-hydrogen) atoms. The molecule has 0 unspecified atom stereocenters. The minimum atomic E-state index is -1.09. The number of carbonyl (C=O) groups excluding carboxylic acids is 2. The number of carbonyl (C=O) groups is 2. The zero-order chi connectivity index (χ0) is 16.3. The highest BCUT2D eigenvalue weighted by Crippen LogP contribution is 2.36. The summed E-state index contributed by atoms with van der Waals surface area (Å²) < 4.78 is 10.7. The molecule has 1 heterocycles. The number of hydrogen-bond donors (Lipinski definition) is 1. The van der Waals surface area contributed by atoms with Crippen LogP contribution in [0, 0.1) is 5.92 Å². The molecule has 6 heteroatoms. The number of hydrogen-bond acceptors (Lipinski definition) is 5. The van der Waals surface area contributed by atoms with Gasteiger partial charge in [0.2, 0.25) is 0 Å². The van der Waals surface area contributed by atoms with Crippen molar-refractivity contribution in [3.05, 3.63) is 29.3 Å². The standard InChI is InChI=1S/C16H21BO5/c1-10(2)9-21-16(19)14-6-4-5-12-8-13(7-11(3)18)17(20)22-15(12)14/h4-6,10,13,20H,7-9H2,1-3H3/t13-/m0/s1. The minimum absolute atomic E-state index is 0.00333. The van der Waals surface area contributed by atoms with Crippen molar-refractivity contribution < 1.29 is 24.0 Å². The molecular weight excluding hydrogens is 283 g/mol.